The Hall–Kier alpha value is -1.91. The van der Waals surface area contributed by atoms with Crippen LogP contribution < -0.4 is 11.1 Å². The lowest BCUT2D eigenvalue weighted by Gasteiger charge is -2.16. The van der Waals surface area contributed by atoms with E-state index in [1.165, 1.54) is 12.1 Å². The van der Waals surface area contributed by atoms with E-state index in [1.54, 1.807) is 6.07 Å². The average molecular weight is 305 g/mol. The summed E-state index contributed by atoms with van der Waals surface area (Å²) >= 11 is 6.25. The smallest absolute Gasteiger partial charge is 0.228 e. The van der Waals surface area contributed by atoms with Crippen molar-refractivity contribution in [2.45, 2.75) is 19.4 Å². The van der Waals surface area contributed by atoms with E-state index in [0.29, 0.717) is 22.6 Å². The Morgan fingerprint density at radius 3 is 2.76 bits per heavy atom. The van der Waals surface area contributed by atoms with Crippen molar-refractivity contribution in [1.29, 1.82) is 0 Å². The van der Waals surface area contributed by atoms with Crippen LogP contribution in [0.3, 0.4) is 0 Å². The zero-order valence-corrected chi connectivity index (χ0v) is 12.2. The molecule has 1 aliphatic rings. The largest absolute Gasteiger partial charge is 0.325 e. The topological polar surface area (TPSA) is 55.1 Å². The van der Waals surface area contributed by atoms with Crippen LogP contribution in [0.4, 0.5) is 10.1 Å². The maximum Gasteiger partial charge on any atom is 0.228 e. The first kappa shape index (κ1) is 14.0. The highest BCUT2D eigenvalue weighted by Gasteiger charge is 2.22. The Balaban J connectivity index is 2.04. The van der Waals surface area contributed by atoms with E-state index in [-0.39, 0.29) is 11.7 Å². The van der Waals surface area contributed by atoms with Crippen molar-refractivity contribution >= 4 is 23.2 Å². The van der Waals surface area contributed by atoms with Crippen molar-refractivity contribution in [2.24, 2.45) is 5.73 Å². The number of nitrogens with two attached hydrogens (primary N) is 1. The summed E-state index contributed by atoms with van der Waals surface area (Å²) in [4.78, 5) is 11.4. The minimum Gasteiger partial charge on any atom is -0.325 e. The van der Waals surface area contributed by atoms with Crippen LogP contribution in [0.15, 0.2) is 30.3 Å². The highest BCUT2D eigenvalue weighted by Crippen LogP contribution is 2.34. The van der Waals surface area contributed by atoms with Crippen molar-refractivity contribution < 1.29 is 9.18 Å². The molecule has 3 rings (SSSR count). The molecule has 1 atom stereocenters. The molecule has 0 spiro atoms. The van der Waals surface area contributed by atoms with Crippen LogP contribution in [0.2, 0.25) is 5.02 Å². The summed E-state index contributed by atoms with van der Waals surface area (Å²) in [6.07, 6.45) is 0.314. The Morgan fingerprint density at radius 2 is 2.05 bits per heavy atom. The molecule has 1 unspecified atom stereocenters. The second-order valence-electron chi connectivity index (χ2n) is 5.30. The van der Waals surface area contributed by atoms with Crippen LogP contribution in [-0.2, 0) is 11.2 Å². The molecule has 1 amide bonds. The number of fused-ring (bicyclic) bond motifs is 1. The molecule has 0 saturated heterocycles. The summed E-state index contributed by atoms with van der Waals surface area (Å²) in [5.41, 5.74) is 9.96. The minimum absolute atomic E-state index is 0.0617. The third-order valence-corrected chi connectivity index (χ3v) is 3.93. The number of halogens is 2. The molecule has 3 N–H and O–H groups in total. The van der Waals surface area contributed by atoms with Crippen LogP contribution in [0.1, 0.15) is 28.3 Å². The maximum atomic E-state index is 13.5. The minimum atomic E-state index is -0.534. The lowest BCUT2D eigenvalue weighted by atomic mass is 9.96. The standard InChI is InChI=1S/C16H14ClFN2O/c1-8-2-10(4-11(18)3-8)16(19)12-5-9-6-15(21)20-14(9)7-13(12)17/h2-5,7,16H,6,19H2,1H3,(H,20,21). The van der Waals surface area contributed by atoms with Crippen LogP contribution in [0.5, 0.6) is 0 Å². The number of anilines is 1. The van der Waals surface area contributed by atoms with Gasteiger partial charge in [-0.3, -0.25) is 4.79 Å². The van der Waals surface area contributed by atoms with Crippen molar-refractivity contribution in [2.75, 3.05) is 5.32 Å². The van der Waals surface area contributed by atoms with Gasteiger partial charge in [0.15, 0.2) is 0 Å². The third-order valence-electron chi connectivity index (χ3n) is 3.61. The number of carbonyl (C=O) groups excluding carboxylic acids is 1. The highest BCUT2D eigenvalue weighted by molar-refractivity contribution is 6.32. The number of hydrogen-bond acceptors (Lipinski definition) is 2. The molecule has 0 radical (unpaired) electrons. The van der Waals surface area contributed by atoms with Crippen molar-refractivity contribution in [1.82, 2.24) is 0 Å². The Bertz CT molecular complexity index is 725. The molecule has 2 aromatic rings. The number of aryl methyl sites for hydroxylation is 1. The molecule has 0 aromatic heterocycles. The predicted octanol–water partition coefficient (Wildman–Crippen LogP) is 3.33. The van der Waals surface area contributed by atoms with E-state index < -0.39 is 6.04 Å². The van der Waals surface area contributed by atoms with Gasteiger partial charge in [0.05, 0.1) is 12.5 Å². The van der Waals surface area contributed by atoms with Crippen LogP contribution in [-0.4, -0.2) is 5.91 Å². The lowest BCUT2D eigenvalue weighted by Crippen LogP contribution is -2.13. The first-order chi connectivity index (χ1) is 9.94. The first-order valence-electron chi connectivity index (χ1n) is 6.59. The van der Waals surface area contributed by atoms with Gasteiger partial charge in [0.2, 0.25) is 5.91 Å². The molecule has 108 valence electrons. The van der Waals surface area contributed by atoms with Crippen molar-refractivity contribution in [3.63, 3.8) is 0 Å². The molecule has 5 heteroatoms. The van der Waals surface area contributed by atoms with Gasteiger partial charge in [0, 0.05) is 10.7 Å². The van der Waals surface area contributed by atoms with E-state index in [2.05, 4.69) is 5.32 Å². The summed E-state index contributed by atoms with van der Waals surface area (Å²) < 4.78 is 13.5. The summed E-state index contributed by atoms with van der Waals surface area (Å²) in [5.74, 6) is -0.386. The van der Waals surface area contributed by atoms with Gasteiger partial charge in [-0.25, -0.2) is 4.39 Å². The predicted molar refractivity (Wildman–Crippen MR) is 81.0 cm³/mol. The quantitative estimate of drug-likeness (QED) is 0.894. The molecular formula is C16H14ClFN2O. The molecule has 1 heterocycles. The van der Waals surface area contributed by atoms with Gasteiger partial charge >= 0.3 is 0 Å². The summed E-state index contributed by atoms with van der Waals surface area (Å²) in [7, 11) is 0. The fraction of sp³-hybridized carbons (Fsp3) is 0.188. The molecule has 21 heavy (non-hydrogen) atoms. The number of amides is 1. The summed E-state index contributed by atoms with van der Waals surface area (Å²) in [6.45, 7) is 1.81. The number of rotatable bonds is 2. The SMILES string of the molecule is Cc1cc(F)cc(C(N)c2cc3c(cc2Cl)NC(=O)C3)c1. The molecule has 0 bridgehead atoms. The normalized spacial score (nSPS) is 14.8. The molecular weight excluding hydrogens is 291 g/mol. The Labute approximate surface area is 126 Å². The molecule has 0 fully saturated rings. The fourth-order valence-electron chi connectivity index (χ4n) is 2.63. The fourth-order valence-corrected chi connectivity index (χ4v) is 2.91. The molecule has 3 nitrogen and oxygen atoms in total. The first-order valence-corrected chi connectivity index (χ1v) is 6.96. The summed E-state index contributed by atoms with van der Waals surface area (Å²) in [6, 6.07) is 7.67. The molecule has 2 aromatic carbocycles. The van der Waals surface area contributed by atoms with E-state index in [0.717, 1.165) is 16.8 Å². The third kappa shape index (κ3) is 2.64. The molecule has 0 aliphatic carbocycles. The van der Waals surface area contributed by atoms with Crippen molar-refractivity contribution in [3.05, 3.63) is 63.4 Å². The molecule has 0 saturated carbocycles. The van der Waals surface area contributed by atoms with Gasteiger partial charge in [-0.2, -0.15) is 0 Å². The maximum absolute atomic E-state index is 13.5. The average Bonchev–Trinajstić information content (AvgIpc) is 2.75. The van der Waals surface area contributed by atoms with Gasteiger partial charge in [0.1, 0.15) is 5.82 Å². The Kier molecular flexibility index (Phi) is 3.43. The second-order valence-corrected chi connectivity index (χ2v) is 5.70. The van der Waals surface area contributed by atoms with Gasteiger partial charge in [0.25, 0.3) is 0 Å². The Morgan fingerprint density at radius 1 is 1.29 bits per heavy atom. The van der Waals surface area contributed by atoms with Crippen LogP contribution in [0, 0.1) is 12.7 Å². The van der Waals surface area contributed by atoms with E-state index in [9.17, 15) is 9.18 Å². The van der Waals surface area contributed by atoms with E-state index in [4.69, 9.17) is 17.3 Å². The highest BCUT2D eigenvalue weighted by atomic mass is 35.5. The number of nitrogens with one attached hydrogen (secondary N) is 1. The monoisotopic (exact) mass is 304 g/mol. The summed E-state index contributed by atoms with van der Waals surface area (Å²) in [5, 5.41) is 3.20. The van der Waals surface area contributed by atoms with E-state index >= 15 is 0 Å². The number of carbonyl (C=O) groups is 1. The van der Waals surface area contributed by atoms with Crippen LogP contribution >= 0.6 is 11.6 Å². The van der Waals surface area contributed by atoms with Crippen LogP contribution in [0.25, 0.3) is 0 Å². The van der Waals surface area contributed by atoms with Crippen molar-refractivity contribution in [3.8, 4) is 0 Å². The number of hydrogen-bond donors (Lipinski definition) is 2. The number of benzene rings is 2. The van der Waals surface area contributed by atoms with Gasteiger partial charge in [-0.05, 0) is 53.4 Å². The van der Waals surface area contributed by atoms with E-state index in [1.807, 2.05) is 19.1 Å². The second kappa shape index (κ2) is 5.13. The van der Waals surface area contributed by atoms with Gasteiger partial charge < -0.3 is 11.1 Å². The lowest BCUT2D eigenvalue weighted by molar-refractivity contribution is -0.115. The zero-order chi connectivity index (χ0) is 15.1. The van der Waals surface area contributed by atoms with Gasteiger partial charge in [-0.15, -0.1) is 0 Å². The molecule has 1 aliphatic heterocycles. The van der Waals surface area contributed by atoms with Gasteiger partial charge in [-0.1, -0.05) is 17.7 Å². The zero-order valence-electron chi connectivity index (χ0n) is 11.4.